The van der Waals surface area contributed by atoms with Crippen LogP contribution < -0.4 is 5.32 Å². The molecule has 0 unspecified atom stereocenters. The van der Waals surface area contributed by atoms with Gasteiger partial charge in [0.05, 0.1) is 23.8 Å². The van der Waals surface area contributed by atoms with E-state index in [2.05, 4.69) is 42.2 Å². The van der Waals surface area contributed by atoms with Crippen molar-refractivity contribution in [3.8, 4) is 11.1 Å². The molecule has 2 fully saturated rings. The molecular weight excluding hydrogens is 452 g/mol. The number of hydrogen-bond donors (Lipinski definition) is 1. The number of rotatable bonds is 6. The van der Waals surface area contributed by atoms with Gasteiger partial charge in [-0.15, -0.1) is 5.10 Å². The quantitative estimate of drug-likeness (QED) is 0.454. The molecule has 1 N–H and O–H groups in total. The van der Waals surface area contributed by atoms with Gasteiger partial charge in [-0.05, 0) is 38.9 Å². The topological polar surface area (TPSA) is 79.4 Å². The fourth-order valence-corrected chi connectivity index (χ4v) is 5.22. The van der Waals surface area contributed by atoms with Crippen molar-refractivity contribution in [2.75, 3.05) is 38.5 Å². The zero-order chi connectivity index (χ0) is 24.1. The van der Waals surface area contributed by atoms with Crippen molar-refractivity contribution in [3.05, 3.63) is 36.5 Å². The molecule has 11 heteroatoms. The van der Waals surface area contributed by atoms with Crippen LogP contribution in [0, 0.1) is 6.92 Å². The van der Waals surface area contributed by atoms with Crippen molar-refractivity contribution in [1.29, 1.82) is 0 Å². The van der Waals surface area contributed by atoms with Crippen LogP contribution in [0.5, 0.6) is 0 Å². The fourth-order valence-electron chi connectivity index (χ4n) is 5.22. The number of likely N-dealkylation sites (N-methyl/N-ethyl adjacent to an activating group) is 1. The van der Waals surface area contributed by atoms with Crippen LogP contribution >= 0.6 is 0 Å². The maximum Gasteiger partial charge on any atom is 0.256 e. The predicted octanol–water partition coefficient (Wildman–Crippen LogP) is 2.90. The highest BCUT2D eigenvalue weighted by atomic mass is 19.3. The standard InChI is InChI=1S/C24H29F2N9/c1-15-29-23-20(34(15)14-22(25)26)9-16(12-27-23)19-3-4-35-21(19)13-28-24(31-35)30-17-10-18(11-17)33-7-5-32(2)6-8-33/h3-4,9,12-13,17-18,22H,5-8,10-11,14H2,1-2H3,(H,30,31)/t17-,18-. The smallest absolute Gasteiger partial charge is 0.256 e. The van der Waals surface area contributed by atoms with Crippen LogP contribution in [0.2, 0.25) is 0 Å². The van der Waals surface area contributed by atoms with E-state index in [1.54, 1.807) is 23.8 Å². The van der Waals surface area contributed by atoms with Gasteiger partial charge in [-0.2, -0.15) is 0 Å². The van der Waals surface area contributed by atoms with E-state index < -0.39 is 13.0 Å². The second-order valence-corrected chi connectivity index (χ2v) is 9.67. The third-order valence-corrected chi connectivity index (χ3v) is 7.35. The Bertz CT molecular complexity index is 1350. The maximum absolute atomic E-state index is 13.1. The number of halogens is 2. The normalized spacial score (nSPS) is 21.7. The number of piperazine rings is 1. The largest absolute Gasteiger partial charge is 0.350 e. The van der Waals surface area contributed by atoms with Crippen LogP contribution in [-0.2, 0) is 6.54 Å². The summed E-state index contributed by atoms with van der Waals surface area (Å²) >= 11 is 0. The summed E-state index contributed by atoms with van der Waals surface area (Å²) in [5.41, 5.74) is 3.60. The summed E-state index contributed by atoms with van der Waals surface area (Å²) in [7, 11) is 2.18. The first-order valence-corrected chi connectivity index (χ1v) is 12.1. The molecule has 6 rings (SSSR count). The number of aromatic nitrogens is 6. The van der Waals surface area contributed by atoms with E-state index in [-0.39, 0.29) is 0 Å². The molecule has 1 aliphatic heterocycles. The van der Waals surface area contributed by atoms with Crippen molar-refractivity contribution in [1.82, 2.24) is 38.9 Å². The zero-order valence-corrected chi connectivity index (χ0v) is 19.9. The van der Waals surface area contributed by atoms with E-state index in [1.165, 1.54) is 4.57 Å². The molecule has 9 nitrogen and oxygen atoms in total. The van der Waals surface area contributed by atoms with Crippen molar-refractivity contribution in [3.63, 3.8) is 0 Å². The molecule has 4 aromatic heterocycles. The molecule has 4 aromatic rings. The Morgan fingerprint density at radius 2 is 1.89 bits per heavy atom. The minimum absolute atomic E-state index is 0.386. The number of fused-ring (bicyclic) bond motifs is 2. The van der Waals surface area contributed by atoms with Crippen molar-refractivity contribution < 1.29 is 8.78 Å². The molecule has 0 aromatic carbocycles. The highest BCUT2D eigenvalue weighted by molar-refractivity contribution is 5.85. The predicted molar refractivity (Wildman–Crippen MR) is 130 cm³/mol. The monoisotopic (exact) mass is 481 g/mol. The lowest BCUT2D eigenvalue weighted by Crippen LogP contribution is -2.55. The Hall–Kier alpha value is -3.18. The fraction of sp³-hybridized carbons (Fsp3) is 0.500. The first kappa shape index (κ1) is 22.3. The summed E-state index contributed by atoms with van der Waals surface area (Å²) in [5, 5.41) is 8.13. The van der Waals surface area contributed by atoms with Gasteiger partial charge in [0.25, 0.3) is 6.43 Å². The molecule has 1 aliphatic carbocycles. The Balaban J connectivity index is 1.18. The number of imidazole rings is 1. The van der Waals surface area contributed by atoms with Gasteiger partial charge >= 0.3 is 0 Å². The van der Waals surface area contributed by atoms with Gasteiger partial charge in [0.2, 0.25) is 5.95 Å². The Labute approximate surface area is 201 Å². The van der Waals surface area contributed by atoms with Gasteiger partial charge in [0, 0.05) is 61.8 Å². The van der Waals surface area contributed by atoms with Gasteiger partial charge in [-0.25, -0.2) is 28.2 Å². The highest BCUT2D eigenvalue weighted by Crippen LogP contribution is 2.30. The van der Waals surface area contributed by atoms with Gasteiger partial charge < -0.3 is 14.8 Å². The first-order valence-electron chi connectivity index (χ1n) is 12.1. The van der Waals surface area contributed by atoms with Gasteiger partial charge in [0.1, 0.15) is 5.82 Å². The molecule has 0 atom stereocenters. The van der Waals surface area contributed by atoms with Crippen molar-refractivity contribution in [2.45, 2.75) is 44.8 Å². The number of aryl methyl sites for hydroxylation is 1. The number of hydrogen-bond acceptors (Lipinski definition) is 7. The molecule has 5 heterocycles. The number of pyridine rings is 1. The molecule has 0 bridgehead atoms. The van der Waals surface area contributed by atoms with Crippen molar-refractivity contribution in [2.24, 2.45) is 0 Å². The summed E-state index contributed by atoms with van der Waals surface area (Å²) < 4.78 is 29.5. The molecule has 0 amide bonds. The number of nitrogens with one attached hydrogen (secondary N) is 1. The van der Waals surface area contributed by atoms with Crippen molar-refractivity contribution >= 4 is 22.6 Å². The van der Waals surface area contributed by atoms with Crippen LogP contribution in [0.25, 0.3) is 27.8 Å². The summed E-state index contributed by atoms with van der Waals surface area (Å²) in [6, 6.07) is 4.84. The molecule has 1 saturated heterocycles. The zero-order valence-electron chi connectivity index (χ0n) is 19.9. The molecule has 2 aliphatic rings. The molecule has 0 radical (unpaired) electrons. The first-order chi connectivity index (χ1) is 16.9. The van der Waals surface area contributed by atoms with Gasteiger partial charge in [0.15, 0.2) is 5.65 Å². The molecule has 1 saturated carbocycles. The van der Waals surface area contributed by atoms with Crippen LogP contribution in [-0.4, -0.2) is 90.7 Å². The molecule has 35 heavy (non-hydrogen) atoms. The molecule has 0 spiro atoms. The average Bonchev–Trinajstić information content (AvgIpc) is 3.36. The summed E-state index contributed by atoms with van der Waals surface area (Å²) in [4.78, 5) is 18.3. The SMILES string of the molecule is Cc1nc2ncc(-c3ccn4nc(N[C@H]5C[C@H](N6CCN(C)CC6)C5)ncc34)cc2n1CC(F)F. The third kappa shape index (κ3) is 4.23. The van der Waals surface area contributed by atoms with E-state index >= 15 is 0 Å². The van der Waals surface area contributed by atoms with E-state index in [1.807, 2.05) is 18.3 Å². The van der Waals surface area contributed by atoms with E-state index in [4.69, 9.17) is 0 Å². The summed E-state index contributed by atoms with van der Waals surface area (Å²) in [6.07, 6.45) is 5.16. The second kappa shape index (κ2) is 8.80. The van der Waals surface area contributed by atoms with Gasteiger partial charge in [-0.3, -0.25) is 4.90 Å². The Morgan fingerprint density at radius 3 is 2.66 bits per heavy atom. The highest BCUT2D eigenvalue weighted by Gasteiger charge is 2.35. The van der Waals surface area contributed by atoms with Crippen LogP contribution in [0.1, 0.15) is 18.7 Å². The number of nitrogens with zero attached hydrogens (tertiary/aromatic N) is 8. The number of alkyl halides is 2. The lowest BCUT2D eigenvalue weighted by atomic mass is 9.85. The van der Waals surface area contributed by atoms with Gasteiger partial charge in [-0.1, -0.05) is 0 Å². The van der Waals surface area contributed by atoms with Crippen LogP contribution in [0.3, 0.4) is 0 Å². The lowest BCUT2D eigenvalue weighted by Gasteiger charge is -2.46. The average molecular weight is 482 g/mol. The Kier molecular flexibility index (Phi) is 5.60. The van der Waals surface area contributed by atoms with E-state index in [0.717, 1.165) is 55.7 Å². The molecule has 184 valence electrons. The third-order valence-electron chi connectivity index (χ3n) is 7.35. The Morgan fingerprint density at radius 1 is 1.09 bits per heavy atom. The summed E-state index contributed by atoms with van der Waals surface area (Å²) in [6.45, 7) is 5.88. The van der Waals surface area contributed by atoms with Crippen LogP contribution in [0.4, 0.5) is 14.7 Å². The molecular formula is C24H29F2N9. The van der Waals surface area contributed by atoms with Crippen LogP contribution in [0.15, 0.2) is 30.7 Å². The van der Waals surface area contributed by atoms with E-state index in [0.29, 0.717) is 35.0 Å². The minimum atomic E-state index is -2.46. The second-order valence-electron chi connectivity index (χ2n) is 9.67. The minimum Gasteiger partial charge on any atom is -0.350 e. The number of anilines is 1. The maximum atomic E-state index is 13.1. The van der Waals surface area contributed by atoms with E-state index in [9.17, 15) is 8.78 Å². The lowest BCUT2D eigenvalue weighted by molar-refractivity contribution is 0.0656. The summed E-state index contributed by atoms with van der Waals surface area (Å²) in [5.74, 6) is 1.14.